The van der Waals surface area contributed by atoms with Crippen LogP contribution in [-0.4, -0.2) is 56.6 Å². The molecule has 0 radical (unpaired) electrons. The van der Waals surface area contributed by atoms with E-state index in [-0.39, 0.29) is 36.4 Å². The van der Waals surface area contributed by atoms with E-state index in [9.17, 15) is 22.8 Å². The summed E-state index contributed by atoms with van der Waals surface area (Å²) in [7, 11) is -4.00. The minimum Gasteiger partial charge on any atom is -0.460 e. The van der Waals surface area contributed by atoms with Gasteiger partial charge in [-0.25, -0.2) is 13.2 Å². The van der Waals surface area contributed by atoms with Gasteiger partial charge in [0.25, 0.3) is 11.8 Å². The van der Waals surface area contributed by atoms with Crippen LogP contribution in [0.25, 0.3) is 11.1 Å². The van der Waals surface area contributed by atoms with E-state index in [1.807, 2.05) is 19.1 Å². The lowest BCUT2D eigenvalue weighted by Crippen LogP contribution is -2.48. The Kier molecular flexibility index (Phi) is 8.22. The van der Waals surface area contributed by atoms with E-state index >= 15 is 0 Å². The van der Waals surface area contributed by atoms with Crippen LogP contribution in [-0.2, 0) is 19.6 Å². The number of amides is 2. The summed E-state index contributed by atoms with van der Waals surface area (Å²) in [5.74, 6) is -1.81. The summed E-state index contributed by atoms with van der Waals surface area (Å²) < 4.78 is 32.2. The van der Waals surface area contributed by atoms with Crippen LogP contribution < -0.4 is 4.31 Å². The zero-order valence-corrected chi connectivity index (χ0v) is 23.0. The molecule has 202 valence electrons. The maximum absolute atomic E-state index is 13.1. The molecule has 1 heterocycles. The number of carbonyl (C=O) groups excluding carboxylic acids is 3. The van der Waals surface area contributed by atoms with Crippen molar-refractivity contribution in [1.82, 2.24) is 4.90 Å². The van der Waals surface area contributed by atoms with Crippen LogP contribution in [0.15, 0.2) is 79.4 Å². The lowest BCUT2D eigenvalue weighted by Gasteiger charge is -2.31. The summed E-state index contributed by atoms with van der Waals surface area (Å²) in [6, 6.07) is 17.4. The third-order valence-corrected chi connectivity index (χ3v) is 7.74. The SMILES string of the molecule is C=CCOC(=O)C(CCN1C(=O)c2ccc(C)cc2C1=O)N(c1ccc(-c2ccc(Cl)cc2)cc1)S(C)(=O)=O. The molecule has 10 heteroatoms. The van der Waals surface area contributed by atoms with Crippen molar-refractivity contribution < 1.29 is 27.5 Å². The quantitative estimate of drug-likeness (QED) is 0.197. The van der Waals surface area contributed by atoms with Gasteiger partial charge in [-0.1, -0.05) is 60.2 Å². The number of benzene rings is 3. The number of hydrogen-bond donors (Lipinski definition) is 0. The Morgan fingerprint density at radius 2 is 1.59 bits per heavy atom. The molecule has 0 bridgehead atoms. The molecule has 0 aromatic heterocycles. The zero-order valence-electron chi connectivity index (χ0n) is 21.5. The van der Waals surface area contributed by atoms with E-state index < -0.39 is 33.8 Å². The van der Waals surface area contributed by atoms with Crippen LogP contribution in [0.5, 0.6) is 0 Å². The fraction of sp³-hybridized carbons (Fsp3) is 0.207. The molecule has 0 aliphatic carbocycles. The van der Waals surface area contributed by atoms with Crippen LogP contribution in [0.3, 0.4) is 0 Å². The van der Waals surface area contributed by atoms with Crippen molar-refractivity contribution >= 4 is 45.1 Å². The Labute approximate surface area is 232 Å². The number of anilines is 1. The molecule has 0 N–H and O–H groups in total. The molecule has 2 amide bonds. The Morgan fingerprint density at radius 1 is 1.00 bits per heavy atom. The molecular formula is C29H27ClN2O6S. The fourth-order valence-corrected chi connectivity index (χ4v) is 5.76. The van der Waals surface area contributed by atoms with E-state index in [4.69, 9.17) is 16.3 Å². The Bertz CT molecular complexity index is 1530. The molecule has 0 saturated heterocycles. The molecule has 3 aromatic carbocycles. The van der Waals surface area contributed by atoms with Crippen molar-refractivity contribution in [3.63, 3.8) is 0 Å². The van der Waals surface area contributed by atoms with Crippen LogP contribution in [0, 0.1) is 6.92 Å². The van der Waals surface area contributed by atoms with Gasteiger partial charge >= 0.3 is 5.97 Å². The van der Waals surface area contributed by atoms with Gasteiger partial charge in [0.1, 0.15) is 12.6 Å². The number of imide groups is 1. The molecule has 4 rings (SSSR count). The molecule has 39 heavy (non-hydrogen) atoms. The van der Waals surface area contributed by atoms with Crippen LogP contribution in [0.4, 0.5) is 5.69 Å². The van der Waals surface area contributed by atoms with Crippen LogP contribution in [0.1, 0.15) is 32.7 Å². The van der Waals surface area contributed by atoms with Gasteiger partial charge in [-0.05, 0) is 60.9 Å². The number of rotatable bonds is 10. The molecule has 0 saturated carbocycles. The van der Waals surface area contributed by atoms with E-state index in [1.165, 1.54) is 6.08 Å². The number of carbonyl (C=O) groups is 3. The lowest BCUT2D eigenvalue weighted by atomic mass is 10.1. The number of nitrogens with zero attached hydrogens (tertiary/aromatic N) is 2. The summed E-state index contributed by atoms with van der Waals surface area (Å²) >= 11 is 5.98. The number of ether oxygens (including phenoxy) is 1. The van der Waals surface area contributed by atoms with Gasteiger partial charge in [0.15, 0.2) is 0 Å². The summed E-state index contributed by atoms with van der Waals surface area (Å²) in [4.78, 5) is 40.1. The number of esters is 1. The van der Waals surface area contributed by atoms with Crippen molar-refractivity contribution in [2.45, 2.75) is 19.4 Å². The molecular weight excluding hydrogens is 540 g/mol. The second kappa shape index (κ2) is 11.4. The van der Waals surface area contributed by atoms with Gasteiger partial charge in [0.05, 0.1) is 23.1 Å². The Balaban J connectivity index is 1.65. The van der Waals surface area contributed by atoms with Gasteiger partial charge in [0, 0.05) is 11.6 Å². The molecule has 3 aromatic rings. The monoisotopic (exact) mass is 566 g/mol. The first-order valence-corrected chi connectivity index (χ1v) is 14.3. The van der Waals surface area contributed by atoms with Crippen molar-refractivity contribution in [3.05, 3.63) is 101 Å². The van der Waals surface area contributed by atoms with E-state index in [2.05, 4.69) is 6.58 Å². The summed E-state index contributed by atoms with van der Waals surface area (Å²) in [6.07, 6.45) is 2.18. The first-order valence-electron chi connectivity index (χ1n) is 12.1. The fourth-order valence-electron chi connectivity index (χ4n) is 4.47. The molecule has 1 aliphatic heterocycles. The summed E-state index contributed by atoms with van der Waals surface area (Å²) in [6.45, 7) is 5.03. The third-order valence-electron chi connectivity index (χ3n) is 6.31. The predicted octanol–water partition coefficient (Wildman–Crippen LogP) is 4.87. The second-order valence-corrected chi connectivity index (χ2v) is 11.4. The Morgan fingerprint density at radius 3 is 2.18 bits per heavy atom. The second-order valence-electron chi connectivity index (χ2n) is 9.15. The number of hydrogen-bond acceptors (Lipinski definition) is 6. The number of sulfonamides is 1. The molecule has 0 spiro atoms. The van der Waals surface area contributed by atoms with Crippen molar-refractivity contribution in [3.8, 4) is 11.1 Å². The third kappa shape index (κ3) is 6.05. The molecule has 0 fully saturated rings. The van der Waals surface area contributed by atoms with E-state index in [1.54, 1.807) is 54.6 Å². The highest BCUT2D eigenvalue weighted by Crippen LogP contribution is 2.29. The summed E-state index contributed by atoms with van der Waals surface area (Å²) in [5, 5.41) is 0.590. The van der Waals surface area contributed by atoms with Crippen molar-refractivity contribution in [2.24, 2.45) is 0 Å². The lowest BCUT2D eigenvalue weighted by molar-refractivity contribution is -0.143. The van der Waals surface area contributed by atoms with Gasteiger partial charge in [-0.15, -0.1) is 0 Å². The molecule has 1 atom stereocenters. The largest absolute Gasteiger partial charge is 0.460 e. The van der Waals surface area contributed by atoms with Crippen LogP contribution in [0.2, 0.25) is 5.02 Å². The molecule has 1 aliphatic rings. The number of halogens is 1. The van der Waals surface area contributed by atoms with Gasteiger partial charge in [-0.3, -0.25) is 18.8 Å². The topological polar surface area (TPSA) is 101 Å². The first-order chi connectivity index (χ1) is 18.5. The normalized spacial score (nSPS) is 13.7. The maximum Gasteiger partial charge on any atom is 0.330 e. The van der Waals surface area contributed by atoms with Crippen molar-refractivity contribution in [1.29, 1.82) is 0 Å². The number of aryl methyl sites for hydroxylation is 1. The van der Waals surface area contributed by atoms with Gasteiger partial charge < -0.3 is 4.74 Å². The first kappa shape index (κ1) is 28.1. The predicted molar refractivity (Wildman–Crippen MR) is 150 cm³/mol. The Hall–Kier alpha value is -3.95. The smallest absolute Gasteiger partial charge is 0.330 e. The molecule has 1 unspecified atom stereocenters. The summed E-state index contributed by atoms with van der Waals surface area (Å²) in [5.41, 5.74) is 3.30. The van der Waals surface area contributed by atoms with Gasteiger partial charge in [-0.2, -0.15) is 0 Å². The minimum atomic E-state index is -4.00. The van der Waals surface area contributed by atoms with E-state index in [0.717, 1.165) is 32.2 Å². The van der Waals surface area contributed by atoms with Crippen LogP contribution >= 0.6 is 11.6 Å². The van der Waals surface area contributed by atoms with E-state index in [0.29, 0.717) is 5.02 Å². The maximum atomic E-state index is 13.1. The number of fused-ring (bicyclic) bond motifs is 1. The average molecular weight is 567 g/mol. The zero-order chi connectivity index (χ0) is 28.3. The standard InChI is InChI=1S/C29H27ClN2O6S/c1-4-17-38-29(35)26(15-16-31-27(33)24-14-5-19(2)18-25(24)28(31)34)32(39(3,36)37)23-12-8-21(9-13-23)20-6-10-22(30)11-7-20/h4-14,18,26H,1,15-17H2,2-3H3. The molecule has 8 nitrogen and oxygen atoms in total. The minimum absolute atomic E-state index is 0.130. The van der Waals surface area contributed by atoms with Gasteiger partial charge in [0.2, 0.25) is 10.0 Å². The highest BCUT2D eigenvalue weighted by Gasteiger charge is 2.39. The highest BCUT2D eigenvalue weighted by molar-refractivity contribution is 7.92. The van der Waals surface area contributed by atoms with Crippen molar-refractivity contribution in [2.75, 3.05) is 23.7 Å². The highest BCUT2D eigenvalue weighted by atomic mass is 35.5. The average Bonchev–Trinajstić information content (AvgIpc) is 3.13.